The molecular weight excluding hydrogens is 184 g/mol. The van der Waals surface area contributed by atoms with E-state index < -0.39 is 12.1 Å². The van der Waals surface area contributed by atoms with Crippen LogP contribution in [-0.4, -0.2) is 43.4 Å². The summed E-state index contributed by atoms with van der Waals surface area (Å²) in [4.78, 5) is 11.2. The number of carbonyl (C=O) groups excluding carboxylic acids is 1. The summed E-state index contributed by atoms with van der Waals surface area (Å²) in [5, 5.41) is 11.7. The Bertz CT molecular complexity index is 185. The monoisotopic (exact) mass is 202 g/mol. The lowest BCUT2D eigenvalue weighted by Gasteiger charge is -2.13. The number of aliphatic hydroxyl groups excluding tert-OH is 1. The topological polar surface area (TPSA) is 84.6 Å². The quantitative estimate of drug-likeness (QED) is 0.463. The second-order valence-electron chi connectivity index (χ2n) is 2.99. The van der Waals surface area contributed by atoms with Gasteiger partial charge in [-0.2, -0.15) is 0 Å². The summed E-state index contributed by atoms with van der Waals surface area (Å²) in [5.41, 5.74) is 5.49. The molecular formula is C9H18N2O3. The molecule has 5 heteroatoms. The molecule has 0 radical (unpaired) electrons. The first-order valence-corrected chi connectivity index (χ1v) is 4.43. The van der Waals surface area contributed by atoms with E-state index in [1.165, 1.54) is 7.11 Å². The molecule has 0 fully saturated rings. The van der Waals surface area contributed by atoms with Crippen molar-refractivity contribution in [2.45, 2.75) is 18.6 Å². The standard InChI is InChI=1S/C9H18N2O3/c1-3-4-8(10)9(13)11-5-7(12)6-14-2/h3,7-8,12H,1,4-6,10H2,2H3,(H,11,13). The third kappa shape index (κ3) is 5.69. The van der Waals surface area contributed by atoms with Crippen molar-refractivity contribution >= 4 is 5.91 Å². The summed E-state index contributed by atoms with van der Waals surface area (Å²) < 4.78 is 4.70. The maximum absolute atomic E-state index is 11.2. The molecule has 1 amide bonds. The Morgan fingerprint density at radius 1 is 1.79 bits per heavy atom. The van der Waals surface area contributed by atoms with Crippen LogP contribution in [0.25, 0.3) is 0 Å². The second-order valence-corrected chi connectivity index (χ2v) is 2.99. The van der Waals surface area contributed by atoms with Gasteiger partial charge in [-0.3, -0.25) is 4.79 Å². The Morgan fingerprint density at radius 2 is 2.43 bits per heavy atom. The van der Waals surface area contributed by atoms with Crippen molar-refractivity contribution < 1.29 is 14.6 Å². The number of aliphatic hydroxyl groups is 1. The Kier molecular flexibility index (Phi) is 7.00. The van der Waals surface area contributed by atoms with Crippen LogP contribution in [0.1, 0.15) is 6.42 Å². The van der Waals surface area contributed by atoms with E-state index in [9.17, 15) is 9.90 Å². The van der Waals surface area contributed by atoms with Crippen molar-refractivity contribution in [3.05, 3.63) is 12.7 Å². The first-order chi connectivity index (χ1) is 6.61. The number of hydrogen-bond acceptors (Lipinski definition) is 4. The van der Waals surface area contributed by atoms with Crippen LogP contribution in [0.15, 0.2) is 12.7 Å². The van der Waals surface area contributed by atoms with Crippen LogP contribution in [0.2, 0.25) is 0 Å². The van der Waals surface area contributed by atoms with Gasteiger partial charge in [0.05, 0.1) is 18.8 Å². The SMILES string of the molecule is C=CCC(N)C(=O)NCC(O)COC. The van der Waals surface area contributed by atoms with Gasteiger partial charge in [-0.15, -0.1) is 6.58 Å². The highest BCUT2D eigenvalue weighted by Crippen LogP contribution is 1.89. The van der Waals surface area contributed by atoms with Crippen LogP contribution in [0.5, 0.6) is 0 Å². The molecule has 14 heavy (non-hydrogen) atoms. The molecule has 0 aromatic carbocycles. The second kappa shape index (κ2) is 7.49. The molecule has 2 atom stereocenters. The zero-order chi connectivity index (χ0) is 11.0. The van der Waals surface area contributed by atoms with Crippen molar-refractivity contribution in [2.24, 2.45) is 5.73 Å². The van der Waals surface area contributed by atoms with E-state index in [-0.39, 0.29) is 19.1 Å². The van der Waals surface area contributed by atoms with Crippen LogP contribution in [0, 0.1) is 0 Å². The van der Waals surface area contributed by atoms with E-state index in [2.05, 4.69) is 11.9 Å². The van der Waals surface area contributed by atoms with Crippen LogP contribution in [0.3, 0.4) is 0 Å². The average molecular weight is 202 g/mol. The number of carbonyl (C=O) groups is 1. The molecule has 0 aliphatic carbocycles. The third-order valence-corrected chi connectivity index (χ3v) is 1.63. The largest absolute Gasteiger partial charge is 0.389 e. The summed E-state index contributed by atoms with van der Waals surface area (Å²) in [5.74, 6) is -0.292. The van der Waals surface area contributed by atoms with E-state index in [4.69, 9.17) is 10.5 Å². The zero-order valence-corrected chi connectivity index (χ0v) is 8.40. The maximum atomic E-state index is 11.2. The number of nitrogens with two attached hydrogens (primary N) is 1. The first-order valence-electron chi connectivity index (χ1n) is 4.43. The molecule has 0 aromatic rings. The molecule has 0 aromatic heterocycles. The molecule has 0 spiro atoms. The van der Waals surface area contributed by atoms with Gasteiger partial charge in [0.15, 0.2) is 0 Å². The Labute approximate surface area is 83.9 Å². The first kappa shape index (κ1) is 13.1. The summed E-state index contributed by atoms with van der Waals surface area (Å²) in [6, 6.07) is -0.595. The lowest BCUT2D eigenvalue weighted by atomic mass is 10.2. The van der Waals surface area contributed by atoms with Crippen LogP contribution < -0.4 is 11.1 Å². The number of hydrogen-bond donors (Lipinski definition) is 3. The predicted molar refractivity (Wildman–Crippen MR) is 53.7 cm³/mol. The minimum absolute atomic E-state index is 0.150. The van der Waals surface area contributed by atoms with Crippen molar-refractivity contribution in [2.75, 3.05) is 20.3 Å². The van der Waals surface area contributed by atoms with Gasteiger partial charge in [0.2, 0.25) is 5.91 Å². The summed E-state index contributed by atoms with van der Waals surface area (Å²) >= 11 is 0. The molecule has 0 heterocycles. The molecule has 0 aliphatic heterocycles. The fourth-order valence-electron chi connectivity index (χ4n) is 0.887. The predicted octanol–water partition coefficient (Wildman–Crippen LogP) is -0.987. The van der Waals surface area contributed by atoms with Gasteiger partial charge in [-0.1, -0.05) is 6.08 Å². The lowest BCUT2D eigenvalue weighted by Crippen LogP contribution is -2.43. The van der Waals surface area contributed by atoms with Crippen molar-refractivity contribution in [1.29, 1.82) is 0 Å². The smallest absolute Gasteiger partial charge is 0.237 e. The van der Waals surface area contributed by atoms with Crippen LogP contribution >= 0.6 is 0 Å². The van der Waals surface area contributed by atoms with Gasteiger partial charge in [-0.25, -0.2) is 0 Å². The number of methoxy groups -OCH3 is 1. The van der Waals surface area contributed by atoms with E-state index in [1.54, 1.807) is 6.08 Å². The molecule has 0 aliphatic rings. The highest BCUT2D eigenvalue weighted by molar-refractivity contribution is 5.81. The van der Waals surface area contributed by atoms with Gasteiger partial charge in [0.1, 0.15) is 0 Å². The van der Waals surface area contributed by atoms with Gasteiger partial charge in [-0.05, 0) is 6.42 Å². The number of rotatable bonds is 7. The van der Waals surface area contributed by atoms with Crippen molar-refractivity contribution in [1.82, 2.24) is 5.32 Å². The Balaban J connectivity index is 3.66. The molecule has 4 N–H and O–H groups in total. The maximum Gasteiger partial charge on any atom is 0.237 e. The Hall–Kier alpha value is -0.910. The fraction of sp³-hybridized carbons (Fsp3) is 0.667. The van der Waals surface area contributed by atoms with Gasteiger partial charge in [0.25, 0.3) is 0 Å². The van der Waals surface area contributed by atoms with Crippen LogP contribution in [-0.2, 0) is 9.53 Å². The van der Waals surface area contributed by atoms with E-state index >= 15 is 0 Å². The number of nitrogens with one attached hydrogen (secondary N) is 1. The summed E-state index contributed by atoms with van der Waals surface area (Å²) in [6.45, 7) is 3.82. The molecule has 5 nitrogen and oxygen atoms in total. The minimum Gasteiger partial charge on any atom is -0.389 e. The molecule has 2 unspecified atom stereocenters. The molecule has 0 rings (SSSR count). The normalized spacial score (nSPS) is 14.5. The summed E-state index contributed by atoms with van der Waals surface area (Å²) in [6.07, 6.45) is 1.31. The molecule has 0 bridgehead atoms. The zero-order valence-electron chi connectivity index (χ0n) is 8.40. The van der Waals surface area contributed by atoms with Gasteiger partial charge in [0, 0.05) is 13.7 Å². The van der Waals surface area contributed by atoms with Crippen molar-refractivity contribution in [3.63, 3.8) is 0 Å². The number of ether oxygens (including phenoxy) is 1. The molecule has 0 saturated heterocycles. The fourth-order valence-corrected chi connectivity index (χ4v) is 0.887. The average Bonchev–Trinajstić information content (AvgIpc) is 2.15. The van der Waals surface area contributed by atoms with Crippen LogP contribution in [0.4, 0.5) is 0 Å². The Morgan fingerprint density at radius 3 is 2.93 bits per heavy atom. The number of amides is 1. The van der Waals surface area contributed by atoms with Crippen molar-refractivity contribution in [3.8, 4) is 0 Å². The molecule has 82 valence electrons. The van der Waals surface area contributed by atoms with Gasteiger partial charge >= 0.3 is 0 Å². The van der Waals surface area contributed by atoms with E-state index in [0.717, 1.165) is 0 Å². The molecule has 0 saturated carbocycles. The highest BCUT2D eigenvalue weighted by Gasteiger charge is 2.12. The minimum atomic E-state index is -0.695. The van der Waals surface area contributed by atoms with E-state index in [1.807, 2.05) is 0 Å². The lowest BCUT2D eigenvalue weighted by molar-refractivity contribution is -0.122. The third-order valence-electron chi connectivity index (χ3n) is 1.63. The summed E-state index contributed by atoms with van der Waals surface area (Å²) in [7, 11) is 1.48. The van der Waals surface area contributed by atoms with E-state index in [0.29, 0.717) is 6.42 Å². The highest BCUT2D eigenvalue weighted by atomic mass is 16.5. The van der Waals surface area contributed by atoms with Gasteiger partial charge < -0.3 is 20.9 Å².